The van der Waals surface area contributed by atoms with Gasteiger partial charge in [0.2, 0.25) is 15.9 Å². The molecular weight excluding hydrogens is 444 g/mol. The van der Waals surface area contributed by atoms with Crippen molar-refractivity contribution in [3.8, 4) is 5.75 Å². The first kappa shape index (κ1) is 23.7. The summed E-state index contributed by atoms with van der Waals surface area (Å²) in [7, 11) is -1.97. The number of amides is 1. The van der Waals surface area contributed by atoms with Crippen molar-refractivity contribution < 1.29 is 17.9 Å². The molecule has 0 fully saturated rings. The second-order valence-corrected chi connectivity index (χ2v) is 10.1. The third kappa shape index (κ3) is 6.77. The van der Waals surface area contributed by atoms with E-state index in [-0.39, 0.29) is 18.9 Å². The summed E-state index contributed by atoms with van der Waals surface area (Å²) >= 11 is 1.57. The molecule has 1 amide bonds. The molecule has 0 spiro atoms. The van der Waals surface area contributed by atoms with E-state index in [2.05, 4.69) is 5.32 Å². The highest BCUT2D eigenvalue weighted by molar-refractivity contribution is 7.99. The summed E-state index contributed by atoms with van der Waals surface area (Å²) in [4.78, 5) is 14.6. The second-order valence-electron chi connectivity index (χ2n) is 7.10. The van der Waals surface area contributed by atoms with Gasteiger partial charge in [0.1, 0.15) is 5.75 Å². The number of carbonyl (C=O) groups is 1. The predicted octanol–water partition coefficient (Wildman–Crippen LogP) is 5.03. The Bertz CT molecular complexity index is 1150. The van der Waals surface area contributed by atoms with Crippen molar-refractivity contribution in [1.29, 1.82) is 0 Å². The van der Waals surface area contributed by atoms with Crippen LogP contribution >= 0.6 is 11.8 Å². The molecule has 0 aromatic heterocycles. The molecule has 6 nitrogen and oxygen atoms in total. The summed E-state index contributed by atoms with van der Waals surface area (Å²) < 4.78 is 31.1. The number of nitrogens with one attached hydrogen (secondary N) is 1. The first-order chi connectivity index (χ1) is 15.4. The largest absolute Gasteiger partial charge is 0.497 e. The molecule has 0 unspecified atom stereocenters. The monoisotopic (exact) mass is 470 g/mol. The lowest BCUT2D eigenvalue weighted by atomic mass is 10.2. The summed E-state index contributed by atoms with van der Waals surface area (Å²) in [5.41, 5.74) is 1.25. The molecule has 0 aliphatic carbocycles. The van der Waals surface area contributed by atoms with Gasteiger partial charge in [0, 0.05) is 28.8 Å². The molecule has 168 valence electrons. The van der Waals surface area contributed by atoms with Crippen LogP contribution in [0.5, 0.6) is 5.75 Å². The average Bonchev–Trinajstić information content (AvgIpc) is 2.78. The lowest BCUT2D eigenvalue weighted by Crippen LogP contribution is -2.31. The highest BCUT2D eigenvalue weighted by Gasteiger charge is 2.18. The first-order valence-corrected chi connectivity index (χ1v) is 12.8. The summed E-state index contributed by atoms with van der Waals surface area (Å²) in [6, 6.07) is 24.4. The molecule has 3 rings (SSSR count). The molecule has 8 heteroatoms. The number of methoxy groups -OCH3 is 1. The predicted molar refractivity (Wildman–Crippen MR) is 130 cm³/mol. The van der Waals surface area contributed by atoms with Gasteiger partial charge < -0.3 is 10.1 Å². The minimum atomic E-state index is -3.50. The van der Waals surface area contributed by atoms with Crippen LogP contribution in [0, 0.1) is 0 Å². The summed E-state index contributed by atoms with van der Waals surface area (Å²) in [6.07, 6.45) is 1.73. The van der Waals surface area contributed by atoms with Crippen molar-refractivity contribution >= 4 is 39.1 Å². The van der Waals surface area contributed by atoms with Crippen LogP contribution in [-0.2, 0) is 14.8 Å². The van der Waals surface area contributed by atoms with Crippen LogP contribution in [0.2, 0.25) is 0 Å². The summed E-state index contributed by atoms with van der Waals surface area (Å²) in [5, 5.41) is 2.95. The Balaban J connectivity index is 1.62. The van der Waals surface area contributed by atoms with Crippen molar-refractivity contribution in [2.75, 3.05) is 29.5 Å². The molecule has 0 saturated heterocycles. The smallest absolute Gasteiger partial charge is 0.232 e. The topological polar surface area (TPSA) is 75.7 Å². The number of benzene rings is 3. The molecule has 3 aromatic rings. The number of hydrogen-bond acceptors (Lipinski definition) is 5. The number of nitrogens with zero attached hydrogens (tertiary/aromatic N) is 1. The Morgan fingerprint density at radius 3 is 2.44 bits per heavy atom. The zero-order valence-electron chi connectivity index (χ0n) is 18.0. The van der Waals surface area contributed by atoms with E-state index in [1.165, 1.54) is 11.4 Å². The fraction of sp³-hybridized carbons (Fsp3) is 0.208. The second kappa shape index (κ2) is 11.1. The lowest BCUT2D eigenvalue weighted by Gasteiger charge is -2.22. The zero-order chi connectivity index (χ0) is 23.0. The number of sulfonamides is 1. The Labute approximate surface area is 193 Å². The SMILES string of the molecule is COc1cccc(N(CCCC(=O)Nc2ccccc2Sc2ccccc2)S(C)(=O)=O)c1. The minimum absolute atomic E-state index is 0.162. The molecule has 0 atom stereocenters. The molecule has 0 radical (unpaired) electrons. The third-order valence-electron chi connectivity index (χ3n) is 4.64. The van der Waals surface area contributed by atoms with Crippen LogP contribution in [0.1, 0.15) is 12.8 Å². The van der Waals surface area contributed by atoms with Crippen molar-refractivity contribution in [2.24, 2.45) is 0 Å². The number of anilines is 2. The maximum atomic E-state index is 12.6. The molecule has 0 saturated carbocycles. The van der Waals surface area contributed by atoms with Gasteiger partial charge in [-0.3, -0.25) is 9.10 Å². The van der Waals surface area contributed by atoms with Crippen molar-refractivity contribution in [3.05, 3.63) is 78.9 Å². The fourth-order valence-corrected chi connectivity index (χ4v) is 5.00. The summed E-state index contributed by atoms with van der Waals surface area (Å²) in [6.45, 7) is 0.194. The fourth-order valence-electron chi connectivity index (χ4n) is 3.12. The first-order valence-electron chi connectivity index (χ1n) is 10.1. The number of hydrogen-bond donors (Lipinski definition) is 1. The Kier molecular flexibility index (Phi) is 8.19. The average molecular weight is 471 g/mol. The lowest BCUT2D eigenvalue weighted by molar-refractivity contribution is -0.116. The van der Waals surface area contributed by atoms with E-state index in [0.717, 1.165) is 21.7 Å². The molecule has 1 N–H and O–H groups in total. The van der Waals surface area contributed by atoms with Crippen LogP contribution in [0.3, 0.4) is 0 Å². The standard InChI is InChI=1S/C24H26N2O4S2/c1-30-20-11-8-10-19(18-20)26(32(2,28)29)17-9-16-24(27)25-22-14-6-7-15-23(22)31-21-12-4-3-5-13-21/h3-8,10-15,18H,9,16-17H2,1-2H3,(H,25,27). The van der Waals surface area contributed by atoms with E-state index in [1.807, 2.05) is 54.6 Å². The van der Waals surface area contributed by atoms with E-state index in [0.29, 0.717) is 17.9 Å². The summed E-state index contributed by atoms with van der Waals surface area (Å²) in [5.74, 6) is 0.409. The van der Waals surface area contributed by atoms with Gasteiger partial charge in [-0.25, -0.2) is 8.42 Å². The Morgan fingerprint density at radius 2 is 1.72 bits per heavy atom. The number of rotatable bonds is 10. The van der Waals surface area contributed by atoms with E-state index in [1.54, 1.807) is 36.0 Å². The van der Waals surface area contributed by atoms with Gasteiger partial charge in [-0.15, -0.1) is 0 Å². The molecular formula is C24H26N2O4S2. The molecule has 0 aliphatic heterocycles. The number of ether oxygens (including phenoxy) is 1. The Hall–Kier alpha value is -2.97. The normalized spacial score (nSPS) is 11.1. The van der Waals surface area contributed by atoms with Crippen molar-refractivity contribution in [3.63, 3.8) is 0 Å². The molecule has 0 heterocycles. The van der Waals surface area contributed by atoms with E-state index < -0.39 is 10.0 Å². The van der Waals surface area contributed by atoms with Crippen LogP contribution in [-0.4, -0.2) is 34.2 Å². The van der Waals surface area contributed by atoms with Crippen LogP contribution in [0.15, 0.2) is 88.7 Å². The van der Waals surface area contributed by atoms with Crippen LogP contribution in [0.25, 0.3) is 0 Å². The highest BCUT2D eigenvalue weighted by Crippen LogP contribution is 2.33. The van der Waals surface area contributed by atoms with E-state index in [4.69, 9.17) is 4.74 Å². The van der Waals surface area contributed by atoms with E-state index >= 15 is 0 Å². The van der Waals surface area contributed by atoms with Gasteiger partial charge in [0.15, 0.2) is 0 Å². The van der Waals surface area contributed by atoms with Crippen molar-refractivity contribution in [2.45, 2.75) is 22.6 Å². The van der Waals surface area contributed by atoms with Gasteiger partial charge in [-0.05, 0) is 42.8 Å². The highest BCUT2D eigenvalue weighted by atomic mass is 32.2. The van der Waals surface area contributed by atoms with Crippen LogP contribution in [0.4, 0.5) is 11.4 Å². The Morgan fingerprint density at radius 1 is 1.00 bits per heavy atom. The van der Waals surface area contributed by atoms with Crippen molar-refractivity contribution in [1.82, 2.24) is 0 Å². The quantitative estimate of drug-likeness (QED) is 0.450. The molecule has 3 aromatic carbocycles. The maximum Gasteiger partial charge on any atom is 0.232 e. The van der Waals surface area contributed by atoms with E-state index in [9.17, 15) is 13.2 Å². The van der Waals surface area contributed by atoms with Gasteiger partial charge >= 0.3 is 0 Å². The number of carbonyl (C=O) groups excluding carboxylic acids is 1. The number of para-hydroxylation sites is 1. The zero-order valence-corrected chi connectivity index (χ0v) is 19.7. The van der Waals surface area contributed by atoms with Crippen LogP contribution < -0.4 is 14.4 Å². The van der Waals surface area contributed by atoms with Gasteiger partial charge in [0.05, 0.1) is 24.7 Å². The van der Waals surface area contributed by atoms with Gasteiger partial charge in [0.25, 0.3) is 0 Å². The van der Waals surface area contributed by atoms with Gasteiger partial charge in [-0.2, -0.15) is 0 Å². The minimum Gasteiger partial charge on any atom is -0.497 e. The molecule has 0 aliphatic rings. The molecule has 0 bridgehead atoms. The van der Waals surface area contributed by atoms with Gasteiger partial charge in [-0.1, -0.05) is 48.2 Å². The maximum absolute atomic E-state index is 12.6. The molecule has 32 heavy (non-hydrogen) atoms. The third-order valence-corrected chi connectivity index (χ3v) is 6.92.